The Kier molecular flexibility index (Phi) is 3.77. The van der Waals surface area contributed by atoms with Gasteiger partial charge in [0, 0.05) is 25.9 Å². The Hall–Kier alpha value is -0.560. The van der Waals surface area contributed by atoms with E-state index in [0.717, 1.165) is 7.05 Å². The van der Waals surface area contributed by atoms with E-state index in [1.165, 1.54) is 0 Å². The second-order valence-corrected chi connectivity index (χ2v) is 5.55. The van der Waals surface area contributed by atoms with Crippen molar-refractivity contribution in [3.8, 4) is 0 Å². The fraction of sp³-hybridized carbons (Fsp3) is 0.875. The summed E-state index contributed by atoms with van der Waals surface area (Å²) in [7, 11) is -3.36. The van der Waals surface area contributed by atoms with Gasteiger partial charge < -0.3 is 0 Å². The Labute approximate surface area is 87.3 Å². The van der Waals surface area contributed by atoms with Crippen LogP contribution in [0.25, 0.3) is 0 Å². The lowest BCUT2D eigenvalue weighted by Crippen LogP contribution is -2.42. The van der Waals surface area contributed by atoms with Crippen molar-refractivity contribution in [1.82, 2.24) is 4.31 Å². The van der Waals surface area contributed by atoms with Crippen LogP contribution in [0.1, 0.15) is 25.7 Å². The molecule has 1 fully saturated rings. The number of carbonyl (C=O) groups excluding carboxylic acids is 1. The maximum Gasteiger partial charge on any atom is 0.350 e. The molecule has 0 radical (unpaired) electrons. The van der Waals surface area contributed by atoms with Gasteiger partial charge in [-0.2, -0.15) is 13.1 Å². The first-order chi connectivity index (χ1) is 6.85. The molecule has 0 atom stereocenters. The molecular formula is C8H13F2NO3S. The number of Topliss-reactive ketones (excluding diaryl/α,β-unsaturated/α-hetero) is 1. The van der Waals surface area contributed by atoms with Gasteiger partial charge in [0.15, 0.2) is 0 Å². The topological polar surface area (TPSA) is 54.5 Å². The van der Waals surface area contributed by atoms with Gasteiger partial charge in [-0.3, -0.25) is 4.79 Å². The maximum absolute atomic E-state index is 12.2. The number of halogens is 2. The standard InChI is InChI=1S/C8H13F2NO3S/c1-11(15(13,14)8(9)10)6-2-4-7(12)5-3-6/h6,8H,2-5H2,1H3. The van der Waals surface area contributed by atoms with Crippen molar-refractivity contribution in [3.63, 3.8) is 0 Å². The van der Waals surface area contributed by atoms with Crippen molar-refractivity contribution in [3.05, 3.63) is 0 Å². The number of hydrogen-bond acceptors (Lipinski definition) is 3. The summed E-state index contributed by atoms with van der Waals surface area (Å²) in [4.78, 5) is 10.9. The van der Waals surface area contributed by atoms with Gasteiger partial charge in [-0.15, -0.1) is 0 Å². The molecule has 1 aliphatic rings. The summed E-state index contributed by atoms with van der Waals surface area (Å²) < 4.78 is 47.3. The van der Waals surface area contributed by atoms with Crippen LogP contribution >= 0.6 is 0 Å². The lowest BCUT2D eigenvalue weighted by Gasteiger charge is -2.29. The molecule has 1 aliphatic carbocycles. The molecule has 0 aromatic heterocycles. The molecule has 88 valence electrons. The summed E-state index contributed by atoms with van der Waals surface area (Å²) in [6.45, 7) is 0. The van der Waals surface area contributed by atoms with E-state index in [2.05, 4.69) is 0 Å². The molecule has 0 bridgehead atoms. The van der Waals surface area contributed by atoms with Gasteiger partial charge in [0.2, 0.25) is 0 Å². The van der Waals surface area contributed by atoms with E-state index < -0.39 is 21.8 Å². The van der Waals surface area contributed by atoms with Crippen molar-refractivity contribution in [2.75, 3.05) is 7.05 Å². The Morgan fingerprint density at radius 2 is 1.80 bits per heavy atom. The van der Waals surface area contributed by atoms with Crippen LogP contribution in [0.4, 0.5) is 8.78 Å². The highest BCUT2D eigenvalue weighted by molar-refractivity contribution is 7.89. The Bertz CT molecular complexity index is 332. The van der Waals surface area contributed by atoms with E-state index >= 15 is 0 Å². The van der Waals surface area contributed by atoms with E-state index in [1.807, 2.05) is 0 Å². The van der Waals surface area contributed by atoms with Gasteiger partial charge in [-0.1, -0.05) is 0 Å². The number of alkyl halides is 2. The molecule has 0 aliphatic heterocycles. The van der Waals surface area contributed by atoms with Gasteiger partial charge >= 0.3 is 5.76 Å². The zero-order valence-electron chi connectivity index (χ0n) is 8.32. The summed E-state index contributed by atoms with van der Waals surface area (Å²) in [6.07, 6.45) is 1.21. The summed E-state index contributed by atoms with van der Waals surface area (Å²) in [5.41, 5.74) is 0. The SMILES string of the molecule is CN(C1CCC(=O)CC1)S(=O)(=O)C(F)F. The quantitative estimate of drug-likeness (QED) is 0.740. The maximum atomic E-state index is 12.2. The second-order valence-electron chi connectivity index (χ2n) is 3.59. The summed E-state index contributed by atoms with van der Waals surface area (Å²) in [6, 6.07) is -0.471. The van der Waals surface area contributed by atoms with E-state index in [1.54, 1.807) is 0 Å². The molecule has 0 N–H and O–H groups in total. The third-order valence-electron chi connectivity index (χ3n) is 2.65. The number of hydrogen-bond donors (Lipinski definition) is 0. The van der Waals surface area contributed by atoms with Crippen molar-refractivity contribution in [2.24, 2.45) is 0 Å². The van der Waals surface area contributed by atoms with Crippen LogP contribution in [0.15, 0.2) is 0 Å². The molecule has 15 heavy (non-hydrogen) atoms. The smallest absolute Gasteiger partial charge is 0.300 e. The van der Waals surface area contributed by atoms with Gasteiger partial charge in [0.1, 0.15) is 5.78 Å². The van der Waals surface area contributed by atoms with Crippen molar-refractivity contribution >= 4 is 15.8 Å². The minimum absolute atomic E-state index is 0.0640. The first kappa shape index (κ1) is 12.5. The number of sulfonamides is 1. The zero-order valence-corrected chi connectivity index (χ0v) is 9.14. The molecule has 0 spiro atoms. The minimum Gasteiger partial charge on any atom is -0.300 e. The normalized spacial score (nSPS) is 20.2. The number of rotatable bonds is 3. The van der Waals surface area contributed by atoms with Crippen LogP contribution in [0.3, 0.4) is 0 Å². The largest absolute Gasteiger partial charge is 0.350 e. The molecule has 4 nitrogen and oxygen atoms in total. The van der Waals surface area contributed by atoms with Gasteiger partial charge in [0.05, 0.1) is 0 Å². The highest BCUT2D eigenvalue weighted by Gasteiger charge is 2.35. The molecule has 7 heteroatoms. The van der Waals surface area contributed by atoms with E-state index in [-0.39, 0.29) is 18.6 Å². The van der Waals surface area contributed by atoms with Crippen LogP contribution in [0, 0.1) is 0 Å². The lowest BCUT2D eigenvalue weighted by molar-refractivity contribution is -0.120. The molecule has 0 aromatic carbocycles. The van der Waals surface area contributed by atoms with E-state index in [9.17, 15) is 22.0 Å². The Morgan fingerprint density at radius 1 is 1.33 bits per heavy atom. The molecule has 0 aromatic rings. The highest BCUT2D eigenvalue weighted by Crippen LogP contribution is 2.23. The monoisotopic (exact) mass is 241 g/mol. The zero-order chi connectivity index (χ0) is 11.6. The summed E-state index contributed by atoms with van der Waals surface area (Å²) in [5, 5.41) is 0. The second kappa shape index (κ2) is 4.52. The minimum atomic E-state index is -4.51. The molecule has 0 unspecified atom stereocenters. The lowest BCUT2D eigenvalue weighted by atomic mass is 9.95. The van der Waals surface area contributed by atoms with Gasteiger partial charge in [-0.05, 0) is 12.8 Å². The fourth-order valence-corrected chi connectivity index (χ4v) is 2.50. The fourth-order valence-electron chi connectivity index (χ4n) is 1.62. The average Bonchev–Trinajstić information content (AvgIpc) is 2.17. The summed E-state index contributed by atoms with van der Waals surface area (Å²) >= 11 is 0. The molecule has 0 amide bonds. The van der Waals surface area contributed by atoms with E-state index in [4.69, 9.17) is 0 Å². The van der Waals surface area contributed by atoms with Gasteiger partial charge in [0.25, 0.3) is 10.0 Å². The summed E-state index contributed by atoms with van der Waals surface area (Å²) in [5.74, 6) is -3.32. The Balaban J connectivity index is 2.69. The third-order valence-corrected chi connectivity index (χ3v) is 4.20. The molecule has 1 saturated carbocycles. The van der Waals surface area contributed by atoms with Gasteiger partial charge in [-0.25, -0.2) is 8.42 Å². The number of nitrogens with zero attached hydrogens (tertiary/aromatic N) is 1. The van der Waals surface area contributed by atoms with Crippen LogP contribution in [0.5, 0.6) is 0 Å². The number of ketones is 1. The Morgan fingerprint density at radius 3 is 2.20 bits per heavy atom. The molecular weight excluding hydrogens is 228 g/mol. The van der Waals surface area contributed by atoms with Crippen LogP contribution in [-0.4, -0.2) is 37.4 Å². The van der Waals surface area contributed by atoms with Crippen molar-refractivity contribution in [2.45, 2.75) is 37.5 Å². The molecule has 1 rings (SSSR count). The average molecular weight is 241 g/mol. The highest BCUT2D eigenvalue weighted by atomic mass is 32.2. The van der Waals surface area contributed by atoms with Crippen LogP contribution < -0.4 is 0 Å². The van der Waals surface area contributed by atoms with Crippen LogP contribution in [0.2, 0.25) is 0 Å². The molecule has 0 saturated heterocycles. The first-order valence-electron chi connectivity index (χ1n) is 4.62. The van der Waals surface area contributed by atoms with E-state index in [0.29, 0.717) is 17.1 Å². The third kappa shape index (κ3) is 2.72. The number of carbonyl (C=O) groups is 1. The predicted molar refractivity (Wildman–Crippen MR) is 49.9 cm³/mol. The first-order valence-corrected chi connectivity index (χ1v) is 6.12. The van der Waals surface area contributed by atoms with Crippen LogP contribution in [-0.2, 0) is 14.8 Å². The molecule has 0 heterocycles. The van der Waals surface area contributed by atoms with Crippen molar-refractivity contribution in [1.29, 1.82) is 0 Å². The predicted octanol–water partition coefficient (Wildman–Crippen LogP) is 0.982. The van der Waals surface area contributed by atoms with Crippen molar-refractivity contribution < 1.29 is 22.0 Å².